The maximum absolute atomic E-state index is 11.4. The third kappa shape index (κ3) is 4.54. The monoisotopic (exact) mass is 286 g/mol. The van der Waals surface area contributed by atoms with Crippen molar-refractivity contribution in [3.05, 3.63) is 16.1 Å². The highest BCUT2D eigenvalue weighted by atomic mass is 32.1. The van der Waals surface area contributed by atoms with Gasteiger partial charge in [0.15, 0.2) is 5.69 Å². The van der Waals surface area contributed by atoms with Crippen molar-refractivity contribution < 1.29 is 19.5 Å². The van der Waals surface area contributed by atoms with E-state index in [2.05, 4.69) is 20.9 Å². The zero-order valence-corrected chi connectivity index (χ0v) is 11.2. The molecule has 0 aliphatic heterocycles. The molecule has 4 N–H and O–H groups in total. The van der Waals surface area contributed by atoms with Crippen LogP contribution in [-0.2, 0) is 11.3 Å². The van der Waals surface area contributed by atoms with Crippen molar-refractivity contribution >= 4 is 29.2 Å². The van der Waals surface area contributed by atoms with E-state index >= 15 is 0 Å². The number of thiazole rings is 1. The molecule has 9 heteroatoms. The van der Waals surface area contributed by atoms with Crippen molar-refractivity contribution in [3.63, 3.8) is 0 Å². The number of nitrogens with zero attached hydrogens (tertiary/aromatic N) is 1. The van der Waals surface area contributed by atoms with E-state index < -0.39 is 18.0 Å². The van der Waals surface area contributed by atoms with Crippen molar-refractivity contribution in [3.8, 4) is 0 Å². The number of carbonyl (C=O) groups is 3. The van der Waals surface area contributed by atoms with Gasteiger partial charge < -0.3 is 21.1 Å². The van der Waals surface area contributed by atoms with E-state index in [1.807, 2.05) is 0 Å². The Hall–Kier alpha value is -2.16. The summed E-state index contributed by atoms with van der Waals surface area (Å²) in [4.78, 5) is 37.0. The Morgan fingerprint density at radius 1 is 1.47 bits per heavy atom. The molecule has 0 aliphatic rings. The molecule has 1 heterocycles. The average Bonchev–Trinajstić information content (AvgIpc) is 2.84. The number of rotatable bonds is 5. The normalized spacial score (nSPS) is 11.5. The van der Waals surface area contributed by atoms with Gasteiger partial charge in [0.2, 0.25) is 5.91 Å². The van der Waals surface area contributed by atoms with E-state index in [9.17, 15) is 14.4 Å². The molecule has 3 amide bonds. The van der Waals surface area contributed by atoms with Gasteiger partial charge in [-0.25, -0.2) is 14.6 Å². The molecule has 0 spiro atoms. The lowest BCUT2D eigenvalue weighted by Crippen LogP contribution is -2.47. The molecule has 0 aliphatic carbocycles. The van der Waals surface area contributed by atoms with Gasteiger partial charge in [-0.2, -0.15) is 0 Å². The average molecular weight is 286 g/mol. The number of nitrogens with one attached hydrogen (secondary N) is 3. The van der Waals surface area contributed by atoms with Gasteiger partial charge in [-0.3, -0.25) is 4.79 Å². The Labute approximate surface area is 113 Å². The lowest BCUT2D eigenvalue weighted by molar-refractivity contribution is -0.122. The zero-order chi connectivity index (χ0) is 14.4. The van der Waals surface area contributed by atoms with Crippen LogP contribution in [-0.4, -0.2) is 41.1 Å². The molecule has 1 rings (SSSR count). The minimum atomic E-state index is -1.11. The smallest absolute Gasteiger partial charge is 0.355 e. The summed E-state index contributed by atoms with van der Waals surface area (Å²) in [6.45, 7) is 1.65. The van der Waals surface area contributed by atoms with Crippen LogP contribution in [0.2, 0.25) is 0 Å². The van der Waals surface area contributed by atoms with Gasteiger partial charge in [0, 0.05) is 12.4 Å². The summed E-state index contributed by atoms with van der Waals surface area (Å²) in [6.07, 6.45) is 0. The van der Waals surface area contributed by atoms with E-state index in [0.717, 1.165) is 11.3 Å². The molecule has 19 heavy (non-hydrogen) atoms. The summed E-state index contributed by atoms with van der Waals surface area (Å²) < 4.78 is 0. The molecule has 1 aromatic heterocycles. The van der Waals surface area contributed by atoms with Crippen LogP contribution in [0.5, 0.6) is 0 Å². The fourth-order valence-corrected chi connectivity index (χ4v) is 1.88. The highest BCUT2D eigenvalue weighted by molar-refractivity contribution is 7.09. The highest BCUT2D eigenvalue weighted by Crippen LogP contribution is 2.09. The second-order valence-electron chi connectivity index (χ2n) is 3.59. The van der Waals surface area contributed by atoms with Crippen molar-refractivity contribution in [2.45, 2.75) is 19.5 Å². The lowest BCUT2D eigenvalue weighted by atomic mass is 10.3. The van der Waals surface area contributed by atoms with Crippen molar-refractivity contribution in [1.82, 2.24) is 20.9 Å². The molecule has 0 radical (unpaired) electrons. The molecule has 104 valence electrons. The quantitative estimate of drug-likeness (QED) is 0.596. The summed E-state index contributed by atoms with van der Waals surface area (Å²) in [5.41, 5.74) is -0.0547. The number of hydrogen-bond donors (Lipinski definition) is 4. The number of carboxylic acid groups (broad SMARTS) is 1. The summed E-state index contributed by atoms with van der Waals surface area (Å²) in [7, 11) is 1.47. The van der Waals surface area contributed by atoms with Crippen molar-refractivity contribution in [1.29, 1.82) is 0 Å². The third-order valence-electron chi connectivity index (χ3n) is 2.16. The van der Waals surface area contributed by atoms with E-state index in [-0.39, 0.29) is 18.1 Å². The van der Waals surface area contributed by atoms with Crippen molar-refractivity contribution in [2.24, 2.45) is 0 Å². The number of carbonyl (C=O) groups excluding carboxylic acids is 2. The molecular formula is C10H14N4O4S. The first kappa shape index (κ1) is 14.9. The molecule has 0 saturated heterocycles. The van der Waals surface area contributed by atoms with Crippen LogP contribution in [0.3, 0.4) is 0 Å². The van der Waals surface area contributed by atoms with Crippen LogP contribution in [0.15, 0.2) is 5.38 Å². The second-order valence-corrected chi connectivity index (χ2v) is 4.54. The van der Waals surface area contributed by atoms with Gasteiger partial charge >= 0.3 is 12.0 Å². The van der Waals surface area contributed by atoms with Crippen LogP contribution in [0.1, 0.15) is 22.4 Å². The zero-order valence-electron chi connectivity index (χ0n) is 10.4. The number of urea groups is 1. The second kappa shape index (κ2) is 6.69. The summed E-state index contributed by atoms with van der Waals surface area (Å²) >= 11 is 1.14. The SMILES string of the molecule is CNC(=O)C(C)NC(=O)NCc1nc(C(=O)O)cs1. The van der Waals surface area contributed by atoms with Crippen LogP contribution in [0, 0.1) is 0 Å². The fraction of sp³-hybridized carbons (Fsp3) is 0.400. The predicted molar refractivity (Wildman–Crippen MR) is 68.0 cm³/mol. The summed E-state index contributed by atoms with van der Waals surface area (Å²) in [5.74, 6) is -1.42. The Bertz CT molecular complexity index is 488. The van der Waals surface area contributed by atoms with Crippen LogP contribution < -0.4 is 16.0 Å². The van der Waals surface area contributed by atoms with Gasteiger partial charge in [0.25, 0.3) is 0 Å². The highest BCUT2D eigenvalue weighted by Gasteiger charge is 2.14. The standard InChI is InChI=1S/C10H14N4O4S/c1-5(8(15)11-2)13-10(18)12-3-7-14-6(4-19-7)9(16)17/h4-5H,3H2,1-2H3,(H,11,15)(H,16,17)(H2,12,13,18). The van der Waals surface area contributed by atoms with E-state index in [4.69, 9.17) is 5.11 Å². The molecule has 8 nitrogen and oxygen atoms in total. The molecule has 1 atom stereocenters. The van der Waals surface area contributed by atoms with Gasteiger partial charge in [0.1, 0.15) is 11.0 Å². The Kier molecular flexibility index (Phi) is 5.24. The topological polar surface area (TPSA) is 120 Å². The maximum atomic E-state index is 11.4. The Morgan fingerprint density at radius 3 is 2.68 bits per heavy atom. The first-order valence-electron chi connectivity index (χ1n) is 5.37. The Balaban J connectivity index is 2.41. The number of aromatic nitrogens is 1. The fourth-order valence-electron chi connectivity index (χ4n) is 1.18. The molecule has 0 fully saturated rings. The van der Waals surface area contributed by atoms with Crippen LogP contribution in [0.25, 0.3) is 0 Å². The van der Waals surface area contributed by atoms with Gasteiger partial charge in [-0.05, 0) is 6.92 Å². The molecule has 1 aromatic rings. The number of amides is 3. The maximum Gasteiger partial charge on any atom is 0.355 e. The van der Waals surface area contributed by atoms with Crippen LogP contribution in [0.4, 0.5) is 4.79 Å². The Morgan fingerprint density at radius 2 is 2.16 bits per heavy atom. The number of carboxylic acids is 1. The first-order chi connectivity index (χ1) is 8.93. The number of hydrogen-bond acceptors (Lipinski definition) is 5. The molecule has 0 saturated carbocycles. The van der Waals surface area contributed by atoms with Gasteiger partial charge in [0.05, 0.1) is 6.54 Å². The summed E-state index contributed by atoms with van der Waals surface area (Å²) in [5, 5.41) is 17.9. The van der Waals surface area contributed by atoms with Gasteiger partial charge in [-0.1, -0.05) is 0 Å². The minimum Gasteiger partial charge on any atom is -0.476 e. The van der Waals surface area contributed by atoms with Crippen molar-refractivity contribution in [2.75, 3.05) is 7.05 Å². The largest absolute Gasteiger partial charge is 0.476 e. The predicted octanol–water partition coefficient (Wildman–Crippen LogP) is -0.225. The number of aromatic carboxylic acids is 1. The van der Waals surface area contributed by atoms with E-state index in [1.54, 1.807) is 6.92 Å². The van der Waals surface area contributed by atoms with E-state index in [1.165, 1.54) is 12.4 Å². The molecule has 0 bridgehead atoms. The third-order valence-corrected chi connectivity index (χ3v) is 3.01. The molecular weight excluding hydrogens is 272 g/mol. The minimum absolute atomic E-state index is 0.0547. The van der Waals surface area contributed by atoms with Gasteiger partial charge in [-0.15, -0.1) is 11.3 Å². The van der Waals surface area contributed by atoms with Crippen LogP contribution >= 0.6 is 11.3 Å². The first-order valence-corrected chi connectivity index (χ1v) is 6.25. The molecule has 0 aromatic carbocycles. The van der Waals surface area contributed by atoms with E-state index in [0.29, 0.717) is 5.01 Å². The molecule has 1 unspecified atom stereocenters. The number of likely N-dealkylation sites (N-methyl/N-ethyl adjacent to an activating group) is 1. The lowest BCUT2D eigenvalue weighted by Gasteiger charge is -2.12. The summed E-state index contributed by atoms with van der Waals surface area (Å²) in [6, 6.07) is -1.18.